The number of alkyl halides is 1. The smallest absolute Gasteiger partial charge is 0.0648 e. The molecule has 3 heteroatoms. The molecule has 0 atom stereocenters. The topological polar surface area (TPSA) is 3.24 Å². The Morgan fingerprint density at radius 1 is 1.53 bits per heavy atom. The van der Waals surface area contributed by atoms with Crippen LogP contribution in [0.3, 0.4) is 0 Å². The van der Waals surface area contributed by atoms with Crippen molar-refractivity contribution in [2.45, 2.75) is 6.42 Å². The number of benzene rings is 1. The summed E-state index contributed by atoms with van der Waals surface area (Å²) in [7, 11) is 2.06. The van der Waals surface area contributed by atoms with E-state index in [0.29, 0.717) is 5.88 Å². The van der Waals surface area contributed by atoms with E-state index >= 15 is 0 Å². The van der Waals surface area contributed by atoms with Crippen LogP contribution >= 0.6 is 23.2 Å². The van der Waals surface area contributed by atoms with E-state index in [9.17, 15) is 0 Å². The first-order valence-electron chi connectivity index (χ1n) is 4.91. The van der Waals surface area contributed by atoms with E-state index in [1.54, 1.807) is 0 Å². The van der Waals surface area contributed by atoms with E-state index in [1.807, 2.05) is 6.07 Å². The van der Waals surface area contributed by atoms with Crippen LogP contribution in [0.25, 0.3) is 5.57 Å². The number of nitrogens with zero attached hydrogens (tertiary/aromatic N) is 1. The first-order valence-corrected chi connectivity index (χ1v) is 5.82. The van der Waals surface area contributed by atoms with Crippen LogP contribution in [0.5, 0.6) is 0 Å². The SMILES string of the molecule is C=C(CCl)c1cc(Cl)c2c(c1)CCN2C. The fraction of sp³-hybridized carbons (Fsp3) is 0.333. The molecule has 1 aromatic rings. The van der Waals surface area contributed by atoms with Gasteiger partial charge >= 0.3 is 0 Å². The summed E-state index contributed by atoms with van der Waals surface area (Å²) in [5.41, 5.74) is 4.44. The Balaban J connectivity index is 2.49. The highest BCUT2D eigenvalue weighted by atomic mass is 35.5. The first kappa shape index (κ1) is 10.8. The molecule has 15 heavy (non-hydrogen) atoms. The number of hydrogen-bond donors (Lipinski definition) is 0. The molecule has 0 amide bonds. The normalized spacial score (nSPS) is 14.2. The van der Waals surface area contributed by atoms with Gasteiger partial charge < -0.3 is 4.90 Å². The molecule has 0 aromatic heterocycles. The number of halogens is 2. The predicted molar refractivity (Wildman–Crippen MR) is 68.2 cm³/mol. The fourth-order valence-corrected chi connectivity index (χ4v) is 2.49. The molecular formula is C12H13Cl2N. The molecule has 1 aromatic carbocycles. The van der Waals surface area contributed by atoms with Gasteiger partial charge in [0.2, 0.25) is 0 Å². The van der Waals surface area contributed by atoms with Crippen molar-refractivity contribution in [2.75, 3.05) is 24.4 Å². The van der Waals surface area contributed by atoms with E-state index in [4.69, 9.17) is 23.2 Å². The number of anilines is 1. The third kappa shape index (κ3) is 1.86. The summed E-state index contributed by atoms with van der Waals surface area (Å²) in [6.07, 6.45) is 1.05. The predicted octanol–water partition coefficient (Wildman–Crippen LogP) is 3.58. The second kappa shape index (κ2) is 4.07. The molecule has 1 aliphatic rings. The number of hydrogen-bond acceptors (Lipinski definition) is 1. The largest absolute Gasteiger partial charge is 0.373 e. The molecule has 0 N–H and O–H groups in total. The van der Waals surface area contributed by atoms with Gasteiger partial charge in [-0.1, -0.05) is 18.2 Å². The number of fused-ring (bicyclic) bond motifs is 1. The van der Waals surface area contributed by atoms with Crippen molar-refractivity contribution in [3.8, 4) is 0 Å². The summed E-state index contributed by atoms with van der Waals surface area (Å²) in [5.74, 6) is 0.449. The van der Waals surface area contributed by atoms with Gasteiger partial charge in [-0.3, -0.25) is 0 Å². The zero-order valence-corrected chi connectivity index (χ0v) is 10.2. The molecule has 0 spiro atoms. The standard InChI is InChI=1S/C12H13Cl2N/c1-8(7-13)10-5-9-3-4-15(2)12(9)11(14)6-10/h5-6H,1,3-4,7H2,2H3. The second-order valence-corrected chi connectivity index (χ2v) is 4.55. The van der Waals surface area contributed by atoms with Crippen molar-refractivity contribution in [2.24, 2.45) is 0 Å². The van der Waals surface area contributed by atoms with Crippen LogP contribution in [-0.4, -0.2) is 19.5 Å². The molecule has 0 fully saturated rings. The van der Waals surface area contributed by atoms with Crippen molar-refractivity contribution in [1.29, 1.82) is 0 Å². The maximum Gasteiger partial charge on any atom is 0.0648 e. The highest BCUT2D eigenvalue weighted by molar-refractivity contribution is 6.34. The van der Waals surface area contributed by atoms with Crippen molar-refractivity contribution in [1.82, 2.24) is 0 Å². The van der Waals surface area contributed by atoms with Gasteiger partial charge in [0.1, 0.15) is 0 Å². The molecule has 1 nitrogen and oxygen atoms in total. The van der Waals surface area contributed by atoms with Gasteiger partial charge in [0.05, 0.1) is 10.7 Å². The molecule has 1 heterocycles. The van der Waals surface area contributed by atoms with Gasteiger partial charge in [-0.05, 0) is 35.3 Å². The monoisotopic (exact) mass is 241 g/mol. The minimum Gasteiger partial charge on any atom is -0.373 e. The Labute approximate surface area is 100 Å². The summed E-state index contributed by atoms with van der Waals surface area (Å²) in [4.78, 5) is 2.19. The maximum atomic E-state index is 6.24. The van der Waals surface area contributed by atoms with Gasteiger partial charge in [-0.25, -0.2) is 0 Å². The van der Waals surface area contributed by atoms with Crippen molar-refractivity contribution in [3.63, 3.8) is 0 Å². The number of likely N-dealkylation sites (N-methyl/N-ethyl adjacent to an activating group) is 1. The Morgan fingerprint density at radius 3 is 2.93 bits per heavy atom. The van der Waals surface area contributed by atoms with Crippen LogP contribution in [-0.2, 0) is 6.42 Å². The first-order chi connectivity index (χ1) is 7.13. The number of rotatable bonds is 2. The van der Waals surface area contributed by atoms with E-state index in [1.165, 1.54) is 5.56 Å². The molecule has 0 bridgehead atoms. The van der Waals surface area contributed by atoms with E-state index in [2.05, 4.69) is 24.6 Å². The summed E-state index contributed by atoms with van der Waals surface area (Å²) in [6, 6.07) is 4.10. The van der Waals surface area contributed by atoms with E-state index in [0.717, 1.165) is 34.8 Å². The molecule has 0 radical (unpaired) electrons. The van der Waals surface area contributed by atoms with Crippen LogP contribution in [0.1, 0.15) is 11.1 Å². The lowest BCUT2D eigenvalue weighted by molar-refractivity contribution is 0.956. The summed E-state index contributed by atoms with van der Waals surface area (Å²) in [5, 5.41) is 0.800. The average Bonchev–Trinajstić information content (AvgIpc) is 2.59. The lowest BCUT2D eigenvalue weighted by Gasteiger charge is -2.14. The highest BCUT2D eigenvalue weighted by Gasteiger charge is 2.19. The Bertz CT molecular complexity index is 412. The summed E-state index contributed by atoms with van der Waals surface area (Å²) < 4.78 is 0. The molecule has 0 aliphatic carbocycles. The van der Waals surface area contributed by atoms with E-state index < -0.39 is 0 Å². The Morgan fingerprint density at radius 2 is 2.27 bits per heavy atom. The Kier molecular flexibility index (Phi) is 2.94. The molecule has 80 valence electrons. The Hall–Kier alpha value is -0.660. The lowest BCUT2D eigenvalue weighted by atomic mass is 10.0. The molecule has 0 unspecified atom stereocenters. The minimum absolute atomic E-state index is 0.449. The van der Waals surface area contributed by atoms with E-state index in [-0.39, 0.29) is 0 Å². The molecule has 0 saturated carbocycles. The van der Waals surface area contributed by atoms with Crippen LogP contribution in [0.15, 0.2) is 18.7 Å². The third-order valence-corrected chi connectivity index (χ3v) is 3.42. The van der Waals surface area contributed by atoms with Crippen LogP contribution in [0.2, 0.25) is 5.02 Å². The van der Waals surface area contributed by atoms with Gasteiger partial charge in [-0.2, -0.15) is 0 Å². The summed E-state index contributed by atoms with van der Waals surface area (Å²) in [6.45, 7) is 4.96. The van der Waals surface area contributed by atoms with Crippen molar-refractivity contribution >= 4 is 34.5 Å². The third-order valence-electron chi connectivity index (χ3n) is 2.81. The number of allylic oxidation sites excluding steroid dienone is 1. The van der Waals surface area contributed by atoms with Crippen molar-refractivity contribution in [3.05, 3.63) is 34.9 Å². The van der Waals surface area contributed by atoms with Gasteiger partial charge in [0, 0.05) is 19.5 Å². The maximum absolute atomic E-state index is 6.24. The fourth-order valence-electron chi connectivity index (χ4n) is 1.96. The van der Waals surface area contributed by atoms with Gasteiger partial charge in [0.15, 0.2) is 0 Å². The molecule has 2 rings (SSSR count). The molecular weight excluding hydrogens is 229 g/mol. The molecule has 0 saturated heterocycles. The minimum atomic E-state index is 0.449. The average molecular weight is 242 g/mol. The van der Waals surface area contributed by atoms with Crippen LogP contribution in [0, 0.1) is 0 Å². The zero-order valence-electron chi connectivity index (χ0n) is 8.69. The highest BCUT2D eigenvalue weighted by Crippen LogP contribution is 2.36. The van der Waals surface area contributed by atoms with Crippen LogP contribution < -0.4 is 4.90 Å². The lowest BCUT2D eigenvalue weighted by Crippen LogP contribution is -2.12. The summed E-state index contributed by atoms with van der Waals surface area (Å²) >= 11 is 12.0. The quantitative estimate of drug-likeness (QED) is 0.716. The van der Waals surface area contributed by atoms with Crippen LogP contribution in [0.4, 0.5) is 5.69 Å². The zero-order chi connectivity index (χ0) is 11.0. The van der Waals surface area contributed by atoms with Gasteiger partial charge in [0.25, 0.3) is 0 Å². The van der Waals surface area contributed by atoms with Crippen molar-refractivity contribution < 1.29 is 0 Å². The molecule has 1 aliphatic heterocycles. The van der Waals surface area contributed by atoms with Gasteiger partial charge in [-0.15, -0.1) is 11.6 Å². The second-order valence-electron chi connectivity index (χ2n) is 3.87.